The number of piperazine rings is 1. The lowest BCUT2D eigenvalue weighted by Gasteiger charge is -2.36. The van der Waals surface area contributed by atoms with E-state index in [4.69, 9.17) is 14.5 Å². The Morgan fingerprint density at radius 2 is 1.83 bits per heavy atom. The van der Waals surface area contributed by atoms with Crippen LogP contribution in [0.25, 0.3) is 10.9 Å². The van der Waals surface area contributed by atoms with Crippen LogP contribution in [-0.2, 0) is 16.0 Å². The van der Waals surface area contributed by atoms with Gasteiger partial charge in [0.1, 0.15) is 12.0 Å². The molecule has 3 aliphatic rings. The normalized spacial score (nSPS) is 19.6. The van der Waals surface area contributed by atoms with Crippen LogP contribution in [0.15, 0.2) is 84.4 Å². The molecule has 5 nitrogen and oxygen atoms in total. The minimum absolute atomic E-state index is 0.805. The maximum Gasteiger partial charge on any atom is 0.231 e. The van der Waals surface area contributed by atoms with E-state index in [1.165, 1.54) is 11.0 Å². The van der Waals surface area contributed by atoms with Crippen LogP contribution in [0.1, 0.15) is 25.0 Å². The predicted molar refractivity (Wildman–Crippen MR) is 118 cm³/mol. The molecule has 1 saturated heterocycles. The summed E-state index contributed by atoms with van der Waals surface area (Å²) in [6.07, 6.45) is 13.1. The number of rotatable bonds is 5. The van der Waals surface area contributed by atoms with Gasteiger partial charge in [0, 0.05) is 44.5 Å². The summed E-state index contributed by atoms with van der Waals surface area (Å²) in [6.45, 7) is 4.67. The number of para-hydroxylation sites is 1. The van der Waals surface area contributed by atoms with Gasteiger partial charge in [-0.2, -0.15) is 0 Å². The maximum atomic E-state index is 5.90. The SMILES string of the molecule is C1=CCCC(CC2=COC(N3CCN(Cc4ccc5ccccc5n4)CC3)=CO2)=C1. The molecule has 0 spiro atoms. The molecule has 1 fully saturated rings. The predicted octanol–water partition coefficient (Wildman–Crippen LogP) is 4.71. The number of nitrogens with zero attached hydrogens (tertiary/aromatic N) is 3. The molecule has 0 atom stereocenters. The Hall–Kier alpha value is -3.05. The Morgan fingerprint density at radius 1 is 0.933 bits per heavy atom. The summed E-state index contributed by atoms with van der Waals surface area (Å²) in [6, 6.07) is 12.6. The zero-order valence-electron chi connectivity index (χ0n) is 17.2. The highest BCUT2D eigenvalue weighted by Crippen LogP contribution is 2.25. The van der Waals surface area contributed by atoms with Crippen molar-refractivity contribution in [2.45, 2.75) is 25.8 Å². The van der Waals surface area contributed by atoms with Crippen molar-refractivity contribution in [3.05, 3.63) is 90.1 Å². The van der Waals surface area contributed by atoms with E-state index in [0.717, 1.165) is 74.8 Å². The van der Waals surface area contributed by atoms with E-state index in [-0.39, 0.29) is 0 Å². The summed E-state index contributed by atoms with van der Waals surface area (Å²) in [4.78, 5) is 9.50. The number of benzene rings is 1. The molecular formula is C25H27N3O2. The van der Waals surface area contributed by atoms with Crippen molar-refractivity contribution in [1.29, 1.82) is 0 Å². The lowest BCUT2D eigenvalue weighted by molar-refractivity contribution is 0.0796. The zero-order chi connectivity index (χ0) is 20.2. The highest BCUT2D eigenvalue weighted by atomic mass is 16.6. The molecule has 5 rings (SSSR count). The molecule has 1 aromatic heterocycles. The lowest BCUT2D eigenvalue weighted by atomic mass is 10.0. The Balaban J connectivity index is 1.12. The molecule has 30 heavy (non-hydrogen) atoms. The van der Waals surface area contributed by atoms with Crippen LogP contribution in [0, 0.1) is 0 Å². The van der Waals surface area contributed by atoms with E-state index >= 15 is 0 Å². The van der Waals surface area contributed by atoms with Crippen LogP contribution in [0.3, 0.4) is 0 Å². The summed E-state index contributed by atoms with van der Waals surface area (Å²) in [5, 5.41) is 1.19. The van der Waals surface area contributed by atoms with Crippen LogP contribution in [-0.4, -0.2) is 41.0 Å². The third kappa shape index (κ3) is 4.41. The largest absolute Gasteiger partial charge is 0.460 e. The molecule has 1 aromatic carbocycles. The minimum atomic E-state index is 0.805. The van der Waals surface area contributed by atoms with Crippen molar-refractivity contribution in [3.63, 3.8) is 0 Å². The van der Waals surface area contributed by atoms with Gasteiger partial charge in [0.25, 0.3) is 0 Å². The summed E-state index contributed by atoms with van der Waals surface area (Å²) < 4.78 is 11.8. The fourth-order valence-electron chi connectivity index (χ4n) is 4.12. The van der Waals surface area contributed by atoms with Gasteiger partial charge in [-0.15, -0.1) is 0 Å². The first kappa shape index (κ1) is 18.9. The Labute approximate surface area is 177 Å². The third-order valence-corrected chi connectivity index (χ3v) is 5.85. The maximum absolute atomic E-state index is 5.90. The van der Waals surface area contributed by atoms with Gasteiger partial charge in [-0.1, -0.05) is 48.1 Å². The number of allylic oxidation sites excluding steroid dienone is 4. The first-order valence-corrected chi connectivity index (χ1v) is 10.7. The third-order valence-electron chi connectivity index (χ3n) is 5.85. The van der Waals surface area contributed by atoms with Crippen molar-refractivity contribution in [3.8, 4) is 0 Å². The van der Waals surface area contributed by atoms with E-state index in [1.54, 1.807) is 12.5 Å². The zero-order valence-corrected chi connectivity index (χ0v) is 17.2. The van der Waals surface area contributed by atoms with Crippen molar-refractivity contribution < 1.29 is 9.47 Å². The second kappa shape index (κ2) is 8.76. The molecule has 1 aliphatic carbocycles. The molecule has 0 radical (unpaired) electrons. The molecule has 0 amide bonds. The summed E-state index contributed by atoms with van der Waals surface area (Å²) >= 11 is 0. The van der Waals surface area contributed by atoms with E-state index in [0.29, 0.717) is 0 Å². The van der Waals surface area contributed by atoms with Crippen LogP contribution in [0.4, 0.5) is 0 Å². The number of ether oxygens (including phenoxy) is 2. The molecule has 5 heteroatoms. The van der Waals surface area contributed by atoms with Gasteiger partial charge in [-0.05, 0) is 25.0 Å². The van der Waals surface area contributed by atoms with E-state index in [9.17, 15) is 0 Å². The molecule has 154 valence electrons. The second-order valence-corrected chi connectivity index (χ2v) is 8.00. The molecule has 0 bridgehead atoms. The fourth-order valence-corrected chi connectivity index (χ4v) is 4.12. The molecule has 0 unspecified atom stereocenters. The molecule has 0 N–H and O–H groups in total. The number of hydrogen-bond donors (Lipinski definition) is 0. The lowest BCUT2D eigenvalue weighted by Crippen LogP contribution is -2.45. The van der Waals surface area contributed by atoms with Gasteiger partial charge in [-0.3, -0.25) is 9.88 Å². The van der Waals surface area contributed by atoms with Crippen molar-refractivity contribution in [2.24, 2.45) is 0 Å². The van der Waals surface area contributed by atoms with Gasteiger partial charge in [-0.25, -0.2) is 0 Å². The molecule has 3 heterocycles. The number of hydrogen-bond acceptors (Lipinski definition) is 5. The van der Waals surface area contributed by atoms with Crippen LogP contribution in [0.5, 0.6) is 0 Å². The van der Waals surface area contributed by atoms with Crippen LogP contribution < -0.4 is 0 Å². The highest BCUT2D eigenvalue weighted by molar-refractivity contribution is 5.78. The quantitative estimate of drug-likeness (QED) is 0.726. The van der Waals surface area contributed by atoms with Gasteiger partial charge in [0.2, 0.25) is 5.88 Å². The minimum Gasteiger partial charge on any atom is -0.460 e. The van der Waals surface area contributed by atoms with E-state index in [2.05, 4.69) is 58.4 Å². The Kier molecular flexibility index (Phi) is 5.53. The van der Waals surface area contributed by atoms with Crippen LogP contribution in [0.2, 0.25) is 0 Å². The summed E-state index contributed by atoms with van der Waals surface area (Å²) in [5.74, 6) is 1.68. The summed E-state index contributed by atoms with van der Waals surface area (Å²) in [7, 11) is 0. The highest BCUT2D eigenvalue weighted by Gasteiger charge is 2.22. The standard InChI is InChI=1S/C25H27N3O2/c1-2-6-20(7-3-1)16-23-18-30-25(19-29-23)28-14-12-27(13-15-28)17-22-11-10-21-8-4-5-9-24(21)26-22/h1-2,4-6,8-11,18-19H,3,7,12-17H2. The number of fused-ring (bicyclic) bond motifs is 1. The molecule has 0 saturated carbocycles. The Morgan fingerprint density at radius 3 is 2.63 bits per heavy atom. The van der Waals surface area contributed by atoms with Crippen molar-refractivity contribution in [2.75, 3.05) is 26.2 Å². The second-order valence-electron chi connectivity index (χ2n) is 8.00. The molecular weight excluding hydrogens is 374 g/mol. The first-order chi connectivity index (χ1) is 14.8. The molecule has 2 aliphatic heterocycles. The van der Waals surface area contributed by atoms with E-state index in [1.807, 2.05) is 6.07 Å². The number of aromatic nitrogens is 1. The van der Waals surface area contributed by atoms with Crippen molar-refractivity contribution >= 4 is 10.9 Å². The molecule has 2 aromatic rings. The fraction of sp³-hybridized carbons (Fsp3) is 0.320. The van der Waals surface area contributed by atoms with Crippen LogP contribution >= 0.6 is 0 Å². The number of pyridine rings is 1. The van der Waals surface area contributed by atoms with Crippen molar-refractivity contribution in [1.82, 2.24) is 14.8 Å². The summed E-state index contributed by atoms with van der Waals surface area (Å²) in [5.41, 5.74) is 3.58. The Bertz CT molecular complexity index is 1030. The van der Waals surface area contributed by atoms with Gasteiger partial charge in [0.15, 0.2) is 6.26 Å². The van der Waals surface area contributed by atoms with Gasteiger partial charge in [0.05, 0.1) is 11.2 Å². The van der Waals surface area contributed by atoms with Gasteiger partial charge < -0.3 is 14.4 Å². The smallest absolute Gasteiger partial charge is 0.231 e. The average Bonchev–Trinajstić information content (AvgIpc) is 2.81. The first-order valence-electron chi connectivity index (χ1n) is 10.7. The topological polar surface area (TPSA) is 37.8 Å². The average molecular weight is 402 g/mol. The van der Waals surface area contributed by atoms with E-state index < -0.39 is 0 Å². The monoisotopic (exact) mass is 401 g/mol. The van der Waals surface area contributed by atoms with Gasteiger partial charge >= 0.3 is 0 Å².